The third-order valence-corrected chi connectivity index (χ3v) is 7.33. The molecule has 0 amide bonds. The van der Waals surface area contributed by atoms with Crippen molar-refractivity contribution in [2.45, 2.75) is 17.7 Å². The molecule has 2 aliphatic rings. The zero-order chi connectivity index (χ0) is 19.6. The topological polar surface area (TPSA) is 67.9 Å². The van der Waals surface area contributed by atoms with E-state index in [1.807, 2.05) is 24.3 Å². The molecular formula is C21H26N2O4S. The number of fused-ring (bicyclic) bond motifs is 1. The van der Waals surface area contributed by atoms with E-state index < -0.39 is 10.0 Å². The van der Waals surface area contributed by atoms with Crippen molar-refractivity contribution in [3.63, 3.8) is 0 Å². The molecule has 0 radical (unpaired) electrons. The second-order valence-electron chi connectivity index (χ2n) is 7.36. The van der Waals surface area contributed by atoms with Crippen LogP contribution in [-0.4, -0.2) is 52.6 Å². The van der Waals surface area contributed by atoms with Crippen molar-refractivity contribution in [1.29, 1.82) is 0 Å². The molecule has 2 heterocycles. The molecule has 0 aliphatic carbocycles. The number of sulfonamides is 1. The number of piperazine rings is 1. The Bertz CT molecular complexity index is 922. The Kier molecular flexibility index (Phi) is 5.57. The van der Waals surface area contributed by atoms with Crippen LogP contribution in [0.25, 0.3) is 0 Å². The lowest BCUT2D eigenvalue weighted by Crippen LogP contribution is -2.46. The summed E-state index contributed by atoms with van der Waals surface area (Å²) >= 11 is 0. The van der Waals surface area contributed by atoms with Gasteiger partial charge in [0, 0.05) is 38.2 Å². The number of rotatable bonds is 5. The molecule has 0 bridgehead atoms. The standard InChI is InChI=1S/C21H26N2O4S/c1-26-19-5-4-18-13-17(15-27-21(18)14-19)12-16-2-6-20(7-3-16)28(24,25)23-10-8-22-9-11-23/h2-7,14,17,22H,8-13,15H2,1H3/t17-/m0/s1. The second-order valence-corrected chi connectivity index (χ2v) is 9.29. The van der Waals surface area contributed by atoms with Crippen molar-refractivity contribution >= 4 is 10.0 Å². The summed E-state index contributed by atoms with van der Waals surface area (Å²) in [6, 6.07) is 13.3. The van der Waals surface area contributed by atoms with Gasteiger partial charge in [-0.15, -0.1) is 0 Å². The maximum absolute atomic E-state index is 12.7. The van der Waals surface area contributed by atoms with Gasteiger partial charge in [-0.2, -0.15) is 4.31 Å². The summed E-state index contributed by atoms with van der Waals surface area (Å²) in [6.45, 7) is 3.10. The first kappa shape index (κ1) is 19.2. The molecule has 1 N–H and O–H groups in total. The van der Waals surface area contributed by atoms with Gasteiger partial charge in [0.1, 0.15) is 11.5 Å². The Morgan fingerprint density at radius 1 is 1.14 bits per heavy atom. The zero-order valence-corrected chi connectivity index (χ0v) is 16.9. The molecule has 0 spiro atoms. The highest BCUT2D eigenvalue weighted by Gasteiger charge is 2.26. The molecule has 6 nitrogen and oxygen atoms in total. The molecular weight excluding hydrogens is 376 g/mol. The van der Waals surface area contributed by atoms with Crippen LogP contribution in [0.4, 0.5) is 0 Å². The molecule has 28 heavy (non-hydrogen) atoms. The van der Waals surface area contributed by atoms with Gasteiger partial charge in [-0.05, 0) is 42.2 Å². The van der Waals surface area contributed by atoms with E-state index in [1.54, 1.807) is 23.5 Å². The number of hydrogen-bond donors (Lipinski definition) is 1. The van der Waals surface area contributed by atoms with Crippen molar-refractivity contribution in [1.82, 2.24) is 9.62 Å². The van der Waals surface area contributed by atoms with Crippen LogP contribution in [0.2, 0.25) is 0 Å². The molecule has 1 fully saturated rings. The molecule has 1 saturated heterocycles. The van der Waals surface area contributed by atoms with Crippen LogP contribution in [0, 0.1) is 5.92 Å². The molecule has 1 atom stereocenters. The SMILES string of the molecule is COc1ccc2c(c1)OC[C@@H](Cc1ccc(S(=O)(=O)N3CCNCC3)cc1)C2. The van der Waals surface area contributed by atoms with Crippen molar-refractivity contribution < 1.29 is 17.9 Å². The molecule has 7 heteroatoms. The van der Waals surface area contributed by atoms with Crippen molar-refractivity contribution in [3.05, 3.63) is 53.6 Å². The molecule has 2 aromatic rings. The maximum Gasteiger partial charge on any atom is 0.243 e. The number of nitrogens with zero attached hydrogens (tertiary/aromatic N) is 1. The minimum absolute atomic E-state index is 0.371. The largest absolute Gasteiger partial charge is 0.497 e. The predicted octanol–water partition coefficient (Wildman–Crippen LogP) is 2.08. The molecule has 4 rings (SSSR count). The summed E-state index contributed by atoms with van der Waals surface area (Å²) in [5.74, 6) is 2.07. The number of nitrogens with one attached hydrogen (secondary N) is 1. The molecule has 2 aromatic carbocycles. The lowest BCUT2D eigenvalue weighted by molar-refractivity contribution is 0.220. The minimum Gasteiger partial charge on any atom is -0.497 e. The van der Waals surface area contributed by atoms with E-state index in [-0.39, 0.29) is 0 Å². The first-order valence-electron chi connectivity index (χ1n) is 9.66. The van der Waals surface area contributed by atoms with Gasteiger partial charge in [0.15, 0.2) is 0 Å². The molecule has 2 aliphatic heterocycles. The van der Waals surface area contributed by atoms with Gasteiger partial charge in [-0.25, -0.2) is 8.42 Å². The van der Waals surface area contributed by atoms with Crippen LogP contribution in [0.5, 0.6) is 11.5 Å². The first-order valence-corrected chi connectivity index (χ1v) is 11.1. The summed E-state index contributed by atoms with van der Waals surface area (Å²) in [4.78, 5) is 0.371. The van der Waals surface area contributed by atoms with Crippen LogP contribution >= 0.6 is 0 Å². The van der Waals surface area contributed by atoms with Gasteiger partial charge in [0.25, 0.3) is 0 Å². The fraction of sp³-hybridized carbons (Fsp3) is 0.429. The smallest absolute Gasteiger partial charge is 0.243 e. The van der Waals surface area contributed by atoms with E-state index >= 15 is 0 Å². The number of hydrogen-bond acceptors (Lipinski definition) is 5. The number of methoxy groups -OCH3 is 1. The van der Waals surface area contributed by atoms with E-state index in [0.29, 0.717) is 43.6 Å². The van der Waals surface area contributed by atoms with Crippen LogP contribution < -0.4 is 14.8 Å². The van der Waals surface area contributed by atoms with E-state index in [0.717, 1.165) is 29.9 Å². The van der Waals surface area contributed by atoms with E-state index in [9.17, 15) is 8.42 Å². The quantitative estimate of drug-likeness (QED) is 0.829. The predicted molar refractivity (Wildman–Crippen MR) is 107 cm³/mol. The summed E-state index contributed by atoms with van der Waals surface area (Å²) < 4.78 is 38.2. The maximum atomic E-state index is 12.7. The molecule has 150 valence electrons. The van der Waals surface area contributed by atoms with Crippen LogP contribution in [0.15, 0.2) is 47.4 Å². The highest BCUT2D eigenvalue weighted by molar-refractivity contribution is 7.89. The lowest BCUT2D eigenvalue weighted by atomic mass is 9.91. The highest BCUT2D eigenvalue weighted by atomic mass is 32.2. The van der Waals surface area contributed by atoms with Crippen molar-refractivity contribution in [2.24, 2.45) is 5.92 Å². The van der Waals surface area contributed by atoms with E-state index in [2.05, 4.69) is 11.4 Å². The Morgan fingerprint density at radius 3 is 2.61 bits per heavy atom. The van der Waals surface area contributed by atoms with Crippen molar-refractivity contribution in [3.8, 4) is 11.5 Å². The number of ether oxygens (including phenoxy) is 2. The highest BCUT2D eigenvalue weighted by Crippen LogP contribution is 2.32. The number of benzene rings is 2. The first-order chi connectivity index (χ1) is 13.6. The molecule has 0 saturated carbocycles. The summed E-state index contributed by atoms with van der Waals surface area (Å²) in [7, 11) is -1.75. The Labute approximate surface area is 166 Å². The Hall–Kier alpha value is -2.09. The average molecular weight is 403 g/mol. The Morgan fingerprint density at radius 2 is 1.89 bits per heavy atom. The third kappa shape index (κ3) is 4.01. The van der Waals surface area contributed by atoms with Gasteiger partial charge in [0.2, 0.25) is 10.0 Å². The lowest BCUT2D eigenvalue weighted by Gasteiger charge is -2.27. The summed E-state index contributed by atoms with van der Waals surface area (Å²) in [5.41, 5.74) is 2.32. The fourth-order valence-corrected chi connectivity index (χ4v) is 5.28. The minimum atomic E-state index is -3.40. The van der Waals surface area contributed by atoms with Gasteiger partial charge in [0.05, 0.1) is 18.6 Å². The summed E-state index contributed by atoms with van der Waals surface area (Å²) in [5, 5.41) is 3.18. The second kappa shape index (κ2) is 8.11. The molecule has 0 unspecified atom stereocenters. The van der Waals surface area contributed by atoms with Gasteiger partial charge >= 0.3 is 0 Å². The third-order valence-electron chi connectivity index (χ3n) is 5.42. The van der Waals surface area contributed by atoms with Crippen LogP contribution in [0.1, 0.15) is 11.1 Å². The van der Waals surface area contributed by atoms with Crippen molar-refractivity contribution in [2.75, 3.05) is 39.9 Å². The average Bonchev–Trinajstić information content (AvgIpc) is 2.74. The van der Waals surface area contributed by atoms with Gasteiger partial charge in [-0.1, -0.05) is 18.2 Å². The van der Waals surface area contributed by atoms with E-state index in [1.165, 1.54) is 5.56 Å². The molecule has 0 aromatic heterocycles. The van der Waals surface area contributed by atoms with Crippen LogP contribution in [-0.2, 0) is 22.9 Å². The van der Waals surface area contributed by atoms with Crippen LogP contribution in [0.3, 0.4) is 0 Å². The normalized spacial score (nSPS) is 20.2. The van der Waals surface area contributed by atoms with Gasteiger partial charge < -0.3 is 14.8 Å². The van der Waals surface area contributed by atoms with E-state index in [4.69, 9.17) is 9.47 Å². The zero-order valence-electron chi connectivity index (χ0n) is 16.1. The summed E-state index contributed by atoms with van der Waals surface area (Å²) in [6.07, 6.45) is 1.81. The van der Waals surface area contributed by atoms with Gasteiger partial charge in [-0.3, -0.25) is 0 Å². The monoisotopic (exact) mass is 402 g/mol. The fourth-order valence-electron chi connectivity index (χ4n) is 3.84. The Balaban J connectivity index is 1.42.